The Morgan fingerprint density at radius 3 is 2.54 bits per heavy atom. The summed E-state index contributed by atoms with van der Waals surface area (Å²) in [5.41, 5.74) is -0.0769. The number of rotatable bonds is 11. The summed E-state index contributed by atoms with van der Waals surface area (Å²) < 4.78 is 28.0. The number of nitrogens with one attached hydrogen (secondary N) is 1. The van der Waals surface area contributed by atoms with Gasteiger partial charge in [0.05, 0.1) is 13.2 Å². The number of pyridine rings is 1. The molecular weight excluding hydrogens is 504 g/mol. The minimum Gasteiger partial charge on any atom is -0.493 e. The molecule has 3 fully saturated rings. The Morgan fingerprint density at radius 1 is 1.08 bits per heavy atom. The van der Waals surface area contributed by atoms with Crippen LogP contribution in [-0.2, 0) is 23.8 Å². The van der Waals surface area contributed by atoms with Crippen LogP contribution < -0.4 is 14.8 Å². The lowest BCUT2D eigenvalue weighted by Crippen LogP contribution is -2.44. The van der Waals surface area contributed by atoms with Gasteiger partial charge < -0.3 is 29.0 Å². The smallest absolute Gasteiger partial charge is 0.329 e. The van der Waals surface area contributed by atoms with Crippen molar-refractivity contribution in [2.24, 2.45) is 17.8 Å². The van der Waals surface area contributed by atoms with Crippen molar-refractivity contribution in [3.05, 3.63) is 18.0 Å². The Morgan fingerprint density at radius 2 is 1.85 bits per heavy atom. The van der Waals surface area contributed by atoms with Crippen molar-refractivity contribution in [1.82, 2.24) is 10.3 Å². The van der Waals surface area contributed by atoms with Crippen LogP contribution in [0.5, 0.6) is 11.5 Å². The first-order valence-electron chi connectivity index (χ1n) is 14.3. The predicted octanol–water partition coefficient (Wildman–Crippen LogP) is 4.20. The standard InChI is InChI=1S/C29H42N2O8/c1-18-26(36-16-21-11-12-21)22(15-20-7-4-5-8-20)9-6-10-23(29(34)39-18)31-28(33)25-27(38-17-37-19(2)32)24(35-3)13-14-30-25/h13-14,18,20-23,26H,4-12,15-17H2,1-3H3,(H,31,33)/t18-,22+,23-,26-/m0/s1. The molecule has 0 spiro atoms. The van der Waals surface area contributed by atoms with E-state index in [1.807, 2.05) is 6.92 Å². The number of methoxy groups -OCH3 is 1. The predicted molar refractivity (Wildman–Crippen MR) is 141 cm³/mol. The minimum atomic E-state index is -0.844. The maximum atomic E-state index is 13.3. The molecule has 1 amide bonds. The maximum absolute atomic E-state index is 13.3. The van der Waals surface area contributed by atoms with Gasteiger partial charge in [-0.2, -0.15) is 0 Å². The number of hydrogen-bond acceptors (Lipinski definition) is 9. The highest BCUT2D eigenvalue weighted by Gasteiger charge is 2.37. The van der Waals surface area contributed by atoms with Crippen molar-refractivity contribution >= 4 is 17.8 Å². The number of aromatic nitrogens is 1. The number of esters is 2. The van der Waals surface area contributed by atoms with Gasteiger partial charge in [-0.05, 0) is 56.8 Å². The molecule has 2 heterocycles. The first-order chi connectivity index (χ1) is 18.9. The fourth-order valence-electron chi connectivity index (χ4n) is 5.73. The van der Waals surface area contributed by atoms with E-state index in [1.165, 1.54) is 64.8 Å². The number of nitrogens with zero attached hydrogens (tertiary/aromatic N) is 1. The topological polar surface area (TPSA) is 122 Å². The second kappa shape index (κ2) is 14.0. The second-order valence-electron chi connectivity index (χ2n) is 11.1. The molecule has 1 aromatic rings. The highest BCUT2D eigenvalue weighted by Crippen LogP contribution is 2.37. The molecule has 0 unspecified atom stereocenters. The van der Waals surface area contributed by atoms with Crippen LogP contribution in [0.2, 0.25) is 0 Å². The molecule has 1 aliphatic heterocycles. The summed E-state index contributed by atoms with van der Waals surface area (Å²) in [5.74, 6) is 0.278. The summed E-state index contributed by atoms with van der Waals surface area (Å²) in [5, 5.41) is 2.79. The van der Waals surface area contributed by atoms with Crippen molar-refractivity contribution in [2.75, 3.05) is 20.5 Å². The van der Waals surface area contributed by atoms with Crippen LogP contribution in [0.25, 0.3) is 0 Å². The van der Waals surface area contributed by atoms with E-state index in [0.29, 0.717) is 30.8 Å². The largest absolute Gasteiger partial charge is 0.493 e. The van der Waals surface area contributed by atoms with Crippen molar-refractivity contribution in [3.8, 4) is 11.5 Å². The Labute approximate surface area is 230 Å². The molecule has 2 saturated carbocycles. The quantitative estimate of drug-likeness (QED) is 0.321. The third kappa shape index (κ3) is 8.30. The summed E-state index contributed by atoms with van der Waals surface area (Å²) in [6, 6.07) is 0.686. The normalized spacial score (nSPS) is 26.1. The van der Waals surface area contributed by atoms with E-state index in [2.05, 4.69) is 10.3 Å². The van der Waals surface area contributed by atoms with E-state index < -0.39 is 36.8 Å². The molecule has 1 N–H and O–H groups in total. The van der Waals surface area contributed by atoms with Gasteiger partial charge in [0.25, 0.3) is 5.91 Å². The summed E-state index contributed by atoms with van der Waals surface area (Å²) in [4.78, 5) is 41.9. The molecule has 4 rings (SSSR count). The zero-order chi connectivity index (χ0) is 27.8. The lowest BCUT2D eigenvalue weighted by molar-refractivity contribution is -0.161. The molecule has 4 atom stereocenters. The summed E-state index contributed by atoms with van der Waals surface area (Å²) in [6.07, 6.45) is 11.5. The van der Waals surface area contributed by atoms with Gasteiger partial charge in [-0.1, -0.05) is 32.1 Å². The molecule has 39 heavy (non-hydrogen) atoms. The lowest BCUT2D eigenvalue weighted by atomic mass is 9.83. The summed E-state index contributed by atoms with van der Waals surface area (Å²) in [6.45, 7) is 3.46. The van der Waals surface area contributed by atoms with E-state index in [4.69, 9.17) is 23.7 Å². The van der Waals surface area contributed by atoms with Gasteiger partial charge >= 0.3 is 11.9 Å². The number of carbonyl (C=O) groups excluding carboxylic acids is 3. The van der Waals surface area contributed by atoms with Gasteiger partial charge in [0.2, 0.25) is 6.79 Å². The molecule has 216 valence electrons. The van der Waals surface area contributed by atoms with Crippen molar-refractivity contribution in [1.29, 1.82) is 0 Å². The molecule has 10 nitrogen and oxygen atoms in total. The Bertz CT molecular complexity index is 991. The Balaban J connectivity index is 1.46. The van der Waals surface area contributed by atoms with E-state index in [0.717, 1.165) is 19.3 Å². The van der Waals surface area contributed by atoms with Gasteiger partial charge in [-0.15, -0.1) is 0 Å². The van der Waals surface area contributed by atoms with Crippen LogP contribution >= 0.6 is 0 Å². The van der Waals surface area contributed by atoms with Crippen molar-refractivity contribution in [3.63, 3.8) is 0 Å². The zero-order valence-corrected chi connectivity index (χ0v) is 23.3. The minimum absolute atomic E-state index is 0.0220. The molecule has 2 aliphatic carbocycles. The number of carbonyl (C=O) groups is 3. The number of ether oxygens (including phenoxy) is 5. The summed E-state index contributed by atoms with van der Waals surface area (Å²) in [7, 11) is 1.43. The van der Waals surface area contributed by atoms with E-state index in [-0.39, 0.29) is 23.3 Å². The van der Waals surface area contributed by atoms with Gasteiger partial charge in [0, 0.05) is 25.8 Å². The number of amides is 1. The Kier molecular flexibility index (Phi) is 10.4. The van der Waals surface area contributed by atoms with E-state index >= 15 is 0 Å². The fraction of sp³-hybridized carbons (Fsp3) is 0.724. The Hall–Kier alpha value is -2.88. The zero-order valence-electron chi connectivity index (χ0n) is 23.3. The van der Waals surface area contributed by atoms with Crippen LogP contribution in [0, 0.1) is 17.8 Å². The van der Waals surface area contributed by atoms with Crippen LogP contribution in [0.1, 0.15) is 88.5 Å². The summed E-state index contributed by atoms with van der Waals surface area (Å²) >= 11 is 0. The van der Waals surface area contributed by atoms with E-state index in [9.17, 15) is 14.4 Å². The average molecular weight is 547 g/mol. The molecular formula is C29H42N2O8. The highest BCUT2D eigenvalue weighted by molar-refractivity contribution is 5.98. The molecule has 0 radical (unpaired) electrons. The third-order valence-corrected chi connectivity index (χ3v) is 7.99. The van der Waals surface area contributed by atoms with Crippen molar-refractivity contribution in [2.45, 2.75) is 96.3 Å². The van der Waals surface area contributed by atoms with Gasteiger partial charge in [-0.25, -0.2) is 9.78 Å². The number of hydrogen-bond donors (Lipinski definition) is 1. The van der Waals surface area contributed by atoms with Crippen LogP contribution in [0.15, 0.2) is 12.3 Å². The van der Waals surface area contributed by atoms with Gasteiger partial charge in [-0.3, -0.25) is 9.59 Å². The molecule has 10 heteroatoms. The van der Waals surface area contributed by atoms with Gasteiger partial charge in [0.15, 0.2) is 17.2 Å². The monoisotopic (exact) mass is 546 g/mol. The molecule has 0 aromatic carbocycles. The van der Waals surface area contributed by atoms with Crippen LogP contribution in [0.4, 0.5) is 0 Å². The van der Waals surface area contributed by atoms with Crippen LogP contribution in [-0.4, -0.2) is 61.6 Å². The second-order valence-corrected chi connectivity index (χ2v) is 11.1. The lowest BCUT2D eigenvalue weighted by Gasteiger charge is -2.32. The molecule has 1 saturated heterocycles. The van der Waals surface area contributed by atoms with Crippen LogP contribution in [0.3, 0.4) is 0 Å². The first-order valence-corrected chi connectivity index (χ1v) is 14.3. The van der Waals surface area contributed by atoms with Crippen molar-refractivity contribution < 1.29 is 38.1 Å². The molecule has 0 bridgehead atoms. The SMILES string of the molecule is COc1ccnc(C(=O)N[C@H]2CCC[C@H](CC3CCCC3)[C@@H](OCC3CC3)[C@H](C)OC2=O)c1OCOC(C)=O. The molecule has 1 aromatic heterocycles. The van der Waals surface area contributed by atoms with E-state index in [1.54, 1.807) is 0 Å². The van der Waals surface area contributed by atoms with Gasteiger partial charge in [0.1, 0.15) is 12.1 Å². The number of cyclic esters (lactones) is 1. The third-order valence-electron chi connectivity index (χ3n) is 7.99. The fourth-order valence-corrected chi connectivity index (χ4v) is 5.73. The molecule has 3 aliphatic rings. The maximum Gasteiger partial charge on any atom is 0.329 e. The highest BCUT2D eigenvalue weighted by atomic mass is 16.7. The average Bonchev–Trinajstić information content (AvgIpc) is 3.59. The first kappa shape index (κ1) is 29.1.